The van der Waals surface area contributed by atoms with E-state index in [9.17, 15) is 0 Å². The van der Waals surface area contributed by atoms with Crippen LogP contribution in [0.15, 0.2) is 48.5 Å². The lowest BCUT2D eigenvalue weighted by Gasteiger charge is -2.07. The molecule has 0 unspecified atom stereocenters. The van der Waals surface area contributed by atoms with E-state index in [1.54, 1.807) is 0 Å². The number of hydrogen-bond donors (Lipinski definition) is 1. The average Bonchev–Trinajstić information content (AvgIpc) is 2.40. The molecule has 0 bridgehead atoms. The normalized spacial score (nSPS) is 10.3. The van der Waals surface area contributed by atoms with Crippen molar-refractivity contribution in [3.05, 3.63) is 65.2 Å². The summed E-state index contributed by atoms with van der Waals surface area (Å²) in [7, 11) is 0. The molecule has 0 radical (unpaired) electrons. The highest BCUT2D eigenvalue weighted by molar-refractivity contribution is 5.45. The van der Waals surface area contributed by atoms with Crippen LogP contribution in [0.4, 0.5) is 5.69 Å². The third-order valence-corrected chi connectivity index (χ3v) is 3.11. The van der Waals surface area contributed by atoms with Crippen LogP contribution in [0.3, 0.4) is 0 Å². The molecule has 2 aromatic carbocycles. The third kappa shape index (κ3) is 3.63. The van der Waals surface area contributed by atoms with Crippen LogP contribution in [0, 0.1) is 6.92 Å². The van der Waals surface area contributed by atoms with Crippen molar-refractivity contribution in [3.63, 3.8) is 0 Å². The van der Waals surface area contributed by atoms with Gasteiger partial charge in [0.2, 0.25) is 0 Å². The lowest BCUT2D eigenvalue weighted by molar-refractivity contribution is 0.920. The Labute approximate surface area is 110 Å². The second-order valence-electron chi connectivity index (χ2n) is 4.79. The van der Waals surface area contributed by atoms with Gasteiger partial charge in [-0.1, -0.05) is 55.3 Å². The molecule has 0 atom stereocenters. The zero-order chi connectivity index (χ0) is 12.8. The number of benzene rings is 2. The van der Waals surface area contributed by atoms with Gasteiger partial charge in [0, 0.05) is 12.2 Å². The first-order chi connectivity index (χ1) is 8.78. The number of aryl methyl sites for hydroxylation is 2. The SMILES string of the molecule is CCCc1ccc(CNc2ccc(C)cc2)cc1. The van der Waals surface area contributed by atoms with E-state index < -0.39 is 0 Å². The summed E-state index contributed by atoms with van der Waals surface area (Å²) >= 11 is 0. The van der Waals surface area contributed by atoms with Crippen molar-refractivity contribution in [2.45, 2.75) is 33.2 Å². The molecule has 0 fully saturated rings. The van der Waals surface area contributed by atoms with E-state index in [2.05, 4.69) is 67.7 Å². The van der Waals surface area contributed by atoms with Crippen LogP contribution in [0.1, 0.15) is 30.0 Å². The predicted octanol–water partition coefficient (Wildman–Crippen LogP) is 4.56. The fraction of sp³-hybridized carbons (Fsp3) is 0.294. The molecule has 0 aliphatic rings. The summed E-state index contributed by atoms with van der Waals surface area (Å²) in [6.45, 7) is 5.21. The third-order valence-electron chi connectivity index (χ3n) is 3.11. The molecule has 0 spiro atoms. The van der Waals surface area contributed by atoms with Crippen LogP contribution in [-0.4, -0.2) is 0 Å². The highest BCUT2D eigenvalue weighted by Gasteiger charge is 1.95. The highest BCUT2D eigenvalue weighted by Crippen LogP contribution is 2.12. The summed E-state index contributed by atoms with van der Waals surface area (Å²) in [5.41, 5.74) is 5.23. The molecule has 0 saturated carbocycles. The zero-order valence-electron chi connectivity index (χ0n) is 11.2. The van der Waals surface area contributed by atoms with Crippen molar-refractivity contribution in [1.29, 1.82) is 0 Å². The van der Waals surface area contributed by atoms with Gasteiger partial charge >= 0.3 is 0 Å². The van der Waals surface area contributed by atoms with Crippen molar-refractivity contribution >= 4 is 5.69 Å². The summed E-state index contributed by atoms with van der Waals surface area (Å²) in [5.74, 6) is 0. The minimum atomic E-state index is 0.884. The van der Waals surface area contributed by atoms with E-state index in [0.717, 1.165) is 6.54 Å². The molecule has 0 aliphatic heterocycles. The van der Waals surface area contributed by atoms with Gasteiger partial charge in [-0.05, 0) is 36.6 Å². The maximum absolute atomic E-state index is 3.44. The Bertz CT molecular complexity index is 468. The monoisotopic (exact) mass is 239 g/mol. The molecular weight excluding hydrogens is 218 g/mol. The van der Waals surface area contributed by atoms with Gasteiger partial charge in [0.1, 0.15) is 0 Å². The number of nitrogens with one attached hydrogen (secondary N) is 1. The first-order valence-electron chi connectivity index (χ1n) is 6.66. The topological polar surface area (TPSA) is 12.0 Å². The van der Waals surface area contributed by atoms with Crippen LogP contribution in [-0.2, 0) is 13.0 Å². The lowest BCUT2D eigenvalue weighted by atomic mass is 10.1. The number of hydrogen-bond acceptors (Lipinski definition) is 1. The van der Waals surface area contributed by atoms with Gasteiger partial charge in [0.05, 0.1) is 0 Å². The average molecular weight is 239 g/mol. The van der Waals surface area contributed by atoms with Crippen molar-refractivity contribution in [2.24, 2.45) is 0 Å². The largest absolute Gasteiger partial charge is 0.381 e. The van der Waals surface area contributed by atoms with Gasteiger partial charge in [0.25, 0.3) is 0 Å². The lowest BCUT2D eigenvalue weighted by Crippen LogP contribution is -1.99. The summed E-state index contributed by atoms with van der Waals surface area (Å²) in [4.78, 5) is 0. The van der Waals surface area contributed by atoms with Crippen molar-refractivity contribution in [2.75, 3.05) is 5.32 Å². The fourth-order valence-corrected chi connectivity index (χ4v) is 1.99. The van der Waals surface area contributed by atoms with Gasteiger partial charge in [-0.3, -0.25) is 0 Å². The van der Waals surface area contributed by atoms with E-state index in [1.807, 2.05) is 0 Å². The molecule has 2 rings (SSSR count). The summed E-state index contributed by atoms with van der Waals surface area (Å²) in [6.07, 6.45) is 2.38. The van der Waals surface area contributed by atoms with Crippen LogP contribution in [0.2, 0.25) is 0 Å². The number of rotatable bonds is 5. The van der Waals surface area contributed by atoms with E-state index in [-0.39, 0.29) is 0 Å². The maximum Gasteiger partial charge on any atom is 0.0400 e. The van der Waals surface area contributed by atoms with Gasteiger partial charge in [-0.25, -0.2) is 0 Å². The second kappa shape index (κ2) is 6.25. The predicted molar refractivity (Wildman–Crippen MR) is 78.9 cm³/mol. The molecule has 0 saturated heterocycles. The molecule has 2 aromatic rings. The number of anilines is 1. The van der Waals surface area contributed by atoms with Crippen molar-refractivity contribution < 1.29 is 0 Å². The quantitative estimate of drug-likeness (QED) is 0.806. The van der Waals surface area contributed by atoms with Crippen molar-refractivity contribution in [1.82, 2.24) is 0 Å². The summed E-state index contributed by atoms with van der Waals surface area (Å²) < 4.78 is 0. The Morgan fingerprint density at radius 2 is 1.44 bits per heavy atom. The van der Waals surface area contributed by atoms with E-state index in [0.29, 0.717) is 0 Å². The van der Waals surface area contributed by atoms with E-state index in [1.165, 1.54) is 35.2 Å². The Morgan fingerprint density at radius 3 is 2.06 bits per heavy atom. The first-order valence-corrected chi connectivity index (χ1v) is 6.66. The molecule has 0 amide bonds. The van der Waals surface area contributed by atoms with Crippen LogP contribution < -0.4 is 5.32 Å². The Morgan fingerprint density at radius 1 is 0.833 bits per heavy atom. The van der Waals surface area contributed by atoms with Crippen LogP contribution in [0.5, 0.6) is 0 Å². The Balaban J connectivity index is 1.91. The molecule has 18 heavy (non-hydrogen) atoms. The smallest absolute Gasteiger partial charge is 0.0400 e. The summed E-state index contributed by atoms with van der Waals surface area (Å²) in [6, 6.07) is 17.4. The summed E-state index contributed by atoms with van der Waals surface area (Å²) in [5, 5.41) is 3.44. The van der Waals surface area contributed by atoms with Gasteiger partial charge in [-0.2, -0.15) is 0 Å². The zero-order valence-corrected chi connectivity index (χ0v) is 11.2. The minimum absolute atomic E-state index is 0.884. The molecule has 0 heterocycles. The standard InChI is InChI=1S/C17H21N/c1-3-4-15-7-9-16(10-8-15)13-18-17-11-5-14(2)6-12-17/h5-12,18H,3-4,13H2,1-2H3. The Kier molecular flexibility index (Phi) is 4.40. The molecule has 0 aromatic heterocycles. The van der Waals surface area contributed by atoms with E-state index in [4.69, 9.17) is 0 Å². The van der Waals surface area contributed by atoms with E-state index >= 15 is 0 Å². The molecule has 1 nitrogen and oxygen atoms in total. The first kappa shape index (κ1) is 12.7. The molecule has 1 heteroatoms. The molecule has 1 N–H and O–H groups in total. The maximum atomic E-state index is 3.44. The fourth-order valence-electron chi connectivity index (χ4n) is 1.99. The van der Waals surface area contributed by atoms with Gasteiger partial charge in [0.15, 0.2) is 0 Å². The van der Waals surface area contributed by atoms with Crippen molar-refractivity contribution in [3.8, 4) is 0 Å². The molecular formula is C17H21N. The molecule has 0 aliphatic carbocycles. The van der Waals surface area contributed by atoms with Crippen LogP contribution in [0.25, 0.3) is 0 Å². The second-order valence-corrected chi connectivity index (χ2v) is 4.79. The van der Waals surface area contributed by atoms with Gasteiger partial charge in [-0.15, -0.1) is 0 Å². The minimum Gasteiger partial charge on any atom is -0.381 e. The van der Waals surface area contributed by atoms with Gasteiger partial charge < -0.3 is 5.32 Å². The Hall–Kier alpha value is -1.76. The molecule has 94 valence electrons. The highest BCUT2D eigenvalue weighted by atomic mass is 14.9. The van der Waals surface area contributed by atoms with Crippen LogP contribution >= 0.6 is 0 Å².